The number of rotatable bonds is 5. The molecule has 0 aromatic heterocycles. The van der Waals surface area contributed by atoms with Gasteiger partial charge >= 0.3 is 0 Å². The van der Waals surface area contributed by atoms with E-state index < -0.39 is 27.8 Å². The summed E-state index contributed by atoms with van der Waals surface area (Å²) in [6, 6.07) is 18.0. The first-order valence-corrected chi connectivity index (χ1v) is 11.1. The Morgan fingerprint density at radius 2 is 1.65 bits per heavy atom. The van der Waals surface area contributed by atoms with Gasteiger partial charge in [-0.05, 0) is 53.9 Å². The van der Waals surface area contributed by atoms with Gasteiger partial charge in [-0.15, -0.1) is 0 Å². The van der Waals surface area contributed by atoms with Gasteiger partial charge in [0, 0.05) is 6.54 Å². The number of ether oxygens (including phenoxy) is 1. The fourth-order valence-electron chi connectivity index (χ4n) is 3.68. The van der Waals surface area contributed by atoms with Crippen LogP contribution < -0.4 is 10.1 Å². The summed E-state index contributed by atoms with van der Waals surface area (Å²) in [6.07, 6.45) is 0.220. The van der Waals surface area contributed by atoms with Gasteiger partial charge in [-0.2, -0.15) is 4.31 Å². The minimum absolute atomic E-state index is 0.0416. The molecule has 0 bridgehead atoms. The van der Waals surface area contributed by atoms with Crippen LogP contribution in [0, 0.1) is 5.82 Å². The average molecular weight is 440 g/mol. The third kappa shape index (κ3) is 4.17. The Kier molecular flexibility index (Phi) is 5.75. The van der Waals surface area contributed by atoms with Crippen molar-refractivity contribution >= 4 is 21.6 Å². The van der Waals surface area contributed by atoms with Crippen LogP contribution in [0.3, 0.4) is 0 Å². The fraction of sp³-hybridized carbons (Fsp3) is 0.174. The highest BCUT2D eigenvalue weighted by Crippen LogP contribution is 2.31. The Bertz CT molecular complexity index is 1210. The van der Waals surface area contributed by atoms with Gasteiger partial charge < -0.3 is 10.1 Å². The molecule has 1 amide bonds. The van der Waals surface area contributed by atoms with Crippen molar-refractivity contribution in [2.24, 2.45) is 0 Å². The van der Waals surface area contributed by atoms with Crippen molar-refractivity contribution in [2.45, 2.75) is 23.9 Å². The van der Waals surface area contributed by atoms with E-state index in [0.29, 0.717) is 11.4 Å². The second kappa shape index (κ2) is 8.49. The zero-order valence-electron chi connectivity index (χ0n) is 16.8. The van der Waals surface area contributed by atoms with Crippen molar-refractivity contribution in [1.82, 2.24) is 4.31 Å². The molecule has 1 atom stereocenters. The monoisotopic (exact) mass is 440 g/mol. The predicted molar refractivity (Wildman–Crippen MR) is 115 cm³/mol. The number of amides is 1. The first kappa shape index (κ1) is 21.0. The quantitative estimate of drug-likeness (QED) is 0.658. The van der Waals surface area contributed by atoms with Crippen LogP contribution in [0.4, 0.5) is 10.1 Å². The van der Waals surface area contributed by atoms with Crippen LogP contribution in [0.1, 0.15) is 11.1 Å². The molecule has 1 aliphatic rings. The first-order valence-electron chi connectivity index (χ1n) is 9.68. The van der Waals surface area contributed by atoms with E-state index in [4.69, 9.17) is 4.74 Å². The van der Waals surface area contributed by atoms with Crippen LogP contribution in [0.5, 0.6) is 5.75 Å². The van der Waals surface area contributed by atoms with Crippen molar-refractivity contribution in [1.29, 1.82) is 0 Å². The molecule has 0 unspecified atom stereocenters. The van der Waals surface area contributed by atoms with Gasteiger partial charge in [-0.25, -0.2) is 12.8 Å². The van der Waals surface area contributed by atoms with Gasteiger partial charge in [0.15, 0.2) is 0 Å². The van der Waals surface area contributed by atoms with Crippen LogP contribution in [0.25, 0.3) is 0 Å². The molecular formula is C23H21FN2O4S. The summed E-state index contributed by atoms with van der Waals surface area (Å²) in [5, 5.41) is 2.79. The Hall–Kier alpha value is -3.23. The van der Waals surface area contributed by atoms with E-state index in [2.05, 4.69) is 5.32 Å². The molecule has 3 aromatic rings. The second-order valence-corrected chi connectivity index (χ2v) is 9.07. The highest BCUT2D eigenvalue weighted by molar-refractivity contribution is 7.89. The van der Waals surface area contributed by atoms with Crippen LogP contribution >= 0.6 is 0 Å². The molecule has 0 saturated carbocycles. The third-order valence-corrected chi connectivity index (χ3v) is 7.16. The van der Waals surface area contributed by atoms with E-state index in [-0.39, 0.29) is 17.9 Å². The Balaban J connectivity index is 1.72. The van der Waals surface area contributed by atoms with Crippen molar-refractivity contribution in [2.75, 3.05) is 12.4 Å². The summed E-state index contributed by atoms with van der Waals surface area (Å²) in [6.45, 7) is 0.0416. The molecular weight excluding hydrogens is 419 g/mol. The molecule has 1 N–H and O–H groups in total. The molecule has 4 rings (SSSR count). The number of carbonyl (C=O) groups is 1. The van der Waals surface area contributed by atoms with Crippen LogP contribution in [-0.4, -0.2) is 31.8 Å². The molecule has 31 heavy (non-hydrogen) atoms. The van der Waals surface area contributed by atoms with E-state index in [1.165, 1.54) is 23.5 Å². The van der Waals surface area contributed by atoms with Gasteiger partial charge in [0.1, 0.15) is 17.6 Å². The fourth-order valence-corrected chi connectivity index (χ4v) is 5.25. The smallest absolute Gasteiger partial charge is 0.244 e. The van der Waals surface area contributed by atoms with E-state index in [1.54, 1.807) is 24.3 Å². The lowest BCUT2D eigenvalue weighted by molar-refractivity contribution is -0.120. The summed E-state index contributed by atoms with van der Waals surface area (Å²) < 4.78 is 46.6. The summed E-state index contributed by atoms with van der Waals surface area (Å²) in [5.74, 6) is -0.530. The largest absolute Gasteiger partial charge is 0.495 e. The number of methoxy groups -OCH3 is 1. The van der Waals surface area contributed by atoms with E-state index >= 15 is 0 Å². The maximum atomic E-state index is 13.4. The van der Waals surface area contributed by atoms with Crippen molar-refractivity contribution in [3.63, 3.8) is 0 Å². The summed E-state index contributed by atoms with van der Waals surface area (Å²) >= 11 is 0. The molecule has 1 aliphatic heterocycles. The number of benzene rings is 3. The maximum absolute atomic E-state index is 13.4. The number of fused-ring (bicyclic) bond motifs is 1. The number of hydrogen-bond donors (Lipinski definition) is 1. The minimum Gasteiger partial charge on any atom is -0.495 e. The van der Waals surface area contributed by atoms with E-state index in [1.807, 2.05) is 24.3 Å². The molecule has 0 radical (unpaired) electrons. The van der Waals surface area contributed by atoms with Gasteiger partial charge in [0.25, 0.3) is 0 Å². The normalized spacial score (nSPS) is 16.4. The number of anilines is 1. The number of sulfonamides is 1. The van der Waals surface area contributed by atoms with Gasteiger partial charge in [0.2, 0.25) is 15.9 Å². The van der Waals surface area contributed by atoms with E-state index in [9.17, 15) is 17.6 Å². The minimum atomic E-state index is -4.05. The Morgan fingerprint density at radius 1 is 1.00 bits per heavy atom. The van der Waals surface area contributed by atoms with Gasteiger partial charge in [-0.1, -0.05) is 36.4 Å². The molecule has 1 heterocycles. The maximum Gasteiger partial charge on any atom is 0.244 e. The number of nitrogens with zero attached hydrogens (tertiary/aromatic N) is 1. The number of carbonyl (C=O) groups excluding carboxylic acids is 1. The van der Waals surface area contributed by atoms with Crippen molar-refractivity contribution < 1.29 is 22.3 Å². The zero-order chi connectivity index (χ0) is 22.0. The number of halogens is 1. The second-order valence-electron chi connectivity index (χ2n) is 7.18. The summed E-state index contributed by atoms with van der Waals surface area (Å²) in [4.78, 5) is 13.2. The molecule has 160 valence electrons. The summed E-state index contributed by atoms with van der Waals surface area (Å²) in [5.41, 5.74) is 2.19. The Morgan fingerprint density at radius 3 is 2.35 bits per heavy atom. The molecule has 0 aliphatic carbocycles. The standard InChI is InChI=1S/C23H21FN2O4S/c1-30-22-9-5-4-8-20(22)25-23(27)21-14-16-6-2-3-7-17(16)15-26(21)31(28,29)19-12-10-18(24)11-13-19/h2-13,21H,14-15H2,1H3,(H,25,27)/t21-/m0/s1. The van der Waals surface area contributed by atoms with Crippen molar-refractivity contribution in [3.05, 3.63) is 89.7 Å². The lowest BCUT2D eigenvalue weighted by atomic mass is 9.95. The molecule has 0 fully saturated rings. The predicted octanol–water partition coefficient (Wildman–Crippen LogP) is 3.59. The molecule has 6 nitrogen and oxygen atoms in total. The van der Waals surface area contributed by atoms with Gasteiger partial charge in [-0.3, -0.25) is 4.79 Å². The zero-order valence-corrected chi connectivity index (χ0v) is 17.6. The highest BCUT2D eigenvalue weighted by atomic mass is 32.2. The van der Waals surface area contributed by atoms with Crippen LogP contribution in [0.2, 0.25) is 0 Å². The lowest BCUT2D eigenvalue weighted by Crippen LogP contribution is -2.50. The Labute approximate surface area is 180 Å². The molecule has 3 aromatic carbocycles. The third-order valence-electron chi connectivity index (χ3n) is 5.29. The van der Waals surface area contributed by atoms with Crippen LogP contribution in [0.15, 0.2) is 77.7 Å². The number of hydrogen-bond acceptors (Lipinski definition) is 4. The average Bonchev–Trinajstić information content (AvgIpc) is 2.78. The van der Waals surface area contributed by atoms with Crippen LogP contribution in [-0.2, 0) is 27.8 Å². The van der Waals surface area contributed by atoms with Gasteiger partial charge in [0.05, 0.1) is 17.7 Å². The van der Waals surface area contributed by atoms with E-state index in [0.717, 1.165) is 23.3 Å². The highest BCUT2D eigenvalue weighted by Gasteiger charge is 2.39. The molecule has 0 spiro atoms. The number of para-hydroxylation sites is 2. The first-order chi connectivity index (χ1) is 14.9. The SMILES string of the molecule is COc1ccccc1NC(=O)[C@@H]1Cc2ccccc2CN1S(=O)(=O)c1ccc(F)cc1. The molecule has 0 saturated heterocycles. The lowest BCUT2D eigenvalue weighted by Gasteiger charge is -2.35. The topological polar surface area (TPSA) is 75.7 Å². The van der Waals surface area contributed by atoms with Crippen molar-refractivity contribution in [3.8, 4) is 5.75 Å². The molecule has 8 heteroatoms. The summed E-state index contributed by atoms with van der Waals surface area (Å²) in [7, 11) is -2.56. The number of nitrogens with one attached hydrogen (secondary N) is 1.